The number of thiazole rings is 1. The standard InChI is InChI=1S/C14H15F2N5OS/c1-2-8-3-9(5-19-4-8)20-7-11-21-6-10(23-11)13(17)22-14(18)12(15)16/h3-6,12,17-18,20H,2,7H2,1H3. The second-order valence-corrected chi connectivity index (χ2v) is 5.62. The number of anilines is 1. The monoisotopic (exact) mass is 339 g/mol. The Morgan fingerprint density at radius 1 is 1.35 bits per heavy atom. The van der Waals surface area contributed by atoms with Crippen molar-refractivity contribution in [2.24, 2.45) is 0 Å². The predicted octanol–water partition coefficient (Wildman–Crippen LogP) is 3.30. The molecule has 122 valence electrons. The fourth-order valence-corrected chi connectivity index (χ4v) is 2.40. The molecule has 0 fully saturated rings. The summed E-state index contributed by atoms with van der Waals surface area (Å²) >= 11 is 1.14. The summed E-state index contributed by atoms with van der Waals surface area (Å²) in [5, 5.41) is 18.3. The fourth-order valence-electron chi connectivity index (χ4n) is 1.66. The van der Waals surface area contributed by atoms with Gasteiger partial charge in [-0.05, 0) is 18.1 Å². The maximum absolute atomic E-state index is 12.2. The lowest BCUT2D eigenvalue weighted by molar-refractivity contribution is 0.197. The van der Waals surface area contributed by atoms with Gasteiger partial charge in [0.1, 0.15) is 9.88 Å². The minimum absolute atomic E-state index is 0.285. The van der Waals surface area contributed by atoms with E-state index in [0.29, 0.717) is 11.6 Å². The van der Waals surface area contributed by atoms with Crippen LogP contribution in [0.2, 0.25) is 0 Å². The lowest BCUT2D eigenvalue weighted by Gasteiger charge is -2.05. The Bertz CT molecular complexity index is 704. The quantitative estimate of drug-likeness (QED) is 0.556. The number of rotatable bonds is 6. The SMILES string of the molecule is CCc1cncc(NCc2ncc(C(=N)OC(=N)C(F)F)s2)c1. The molecule has 0 atom stereocenters. The van der Waals surface area contributed by atoms with Gasteiger partial charge in [-0.3, -0.25) is 15.8 Å². The van der Waals surface area contributed by atoms with Gasteiger partial charge in [0, 0.05) is 12.4 Å². The van der Waals surface area contributed by atoms with Crippen molar-refractivity contribution in [2.75, 3.05) is 5.32 Å². The highest BCUT2D eigenvalue weighted by atomic mass is 32.1. The summed E-state index contributed by atoms with van der Waals surface area (Å²) < 4.78 is 28.9. The Morgan fingerprint density at radius 3 is 2.83 bits per heavy atom. The van der Waals surface area contributed by atoms with Crippen LogP contribution in [0.5, 0.6) is 0 Å². The molecule has 3 N–H and O–H groups in total. The van der Waals surface area contributed by atoms with Gasteiger partial charge in [-0.2, -0.15) is 8.78 Å². The van der Waals surface area contributed by atoms with Crippen LogP contribution in [0.1, 0.15) is 22.4 Å². The zero-order valence-corrected chi connectivity index (χ0v) is 13.1. The van der Waals surface area contributed by atoms with Crippen LogP contribution in [-0.2, 0) is 17.7 Å². The van der Waals surface area contributed by atoms with E-state index in [0.717, 1.165) is 29.0 Å². The number of aryl methyl sites for hydroxylation is 1. The first-order chi connectivity index (χ1) is 11.0. The second kappa shape index (κ2) is 7.73. The number of nitrogens with zero attached hydrogens (tertiary/aromatic N) is 2. The van der Waals surface area contributed by atoms with E-state index in [1.54, 1.807) is 12.4 Å². The number of pyridine rings is 1. The van der Waals surface area contributed by atoms with Gasteiger partial charge in [-0.25, -0.2) is 4.98 Å². The molecule has 9 heteroatoms. The van der Waals surface area contributed by atoms with E-state index in [4.69, 9.17) is 10.8 Å². The van der Waals surface area contributed by atoms with E-state index in [1.807, 2.05) is 13.0 Å². The third-order valence-corrected chi connectivity index (χ3v) is 3.83. The predicted molar refractivity (Wildman–Crippen MR) is 84.7 cm³/mol. The van der Waals surface area contributed by atoms with Gasteiger partial charge in [0.15, 0.2) is 0 Å². The summed E-state index contributed by atoms with van der Waals surface area (Å²) in [5.74, 6) is -1.75. The highest BCUT2D eigenvalue weighted by molar-refractivity contribution is 7.13. The molecule has 0 aliphatic carbocycles. The second-order valence-electron chi connectivity index (χ2n) is 4.50. The molecule has 0 saturated carbocycles. The largest absolute Gasteiger partial charge is 0.418 e. The Morgan fingerprint density at radius 2 is 2.13 bits per heavy atom. The summed E-state index contributed by atoms with van der Waals surface area (Å²) in [5.41, 5.74) is 1.96. The molecule has 2 aromatic rings. The van der Waals surface area contributed by atoms with Gasteiger partial charge in [0.2, 0.25) is 5.90 Å². The molecule has 0 bridgehead atoms. The first-order valence-electron chi connectivity index (χ1n) is 6.75. The molecule has 0 saturated heterocycles. The Kier molecular flexibility index (Phi) is 5.69. The van der Waals surface area contributed by atoms with E-state index < -0.39 is 18.2 Å². The number of aromatic nitrogens is 2. The summed E-state index contributed by atoms with van der Waals surface area (Å²) in [7, 11) is 0. The molecule has 0 amide bonds. The number of alkyl halides is 2. The van der Waals surface area contributed by atoms with Crippen LogP contribution in [-0.4, -0.2) is 28.2 Å². The van der Waals surface area contributed by atoms with Crippen molar-refractivity contribution in [1.82, 2.24) is 9.97 Å². The van der Waals surface area contributed by atoms with Crippen molar-refractivity contribution < 1.29 is 13.5 Å². The molecule has 6 nitrogen and oxygen atoms in total. The molecule has 2 rings (SSSR count). The molecule has 0 aliphatic heterocycles. The molecular weight excluding hydrogens is 324 g/mol. The fraction of sp³-hybridized carbons (Fsp3) is 0.286. The number of hydrogen-bond donors (Lipinski definition) is 3. The smallest absolute Gasteiger partial charge is 0.312 e. The van der Waals surface area contributed by atoms with Crippen molar-refractivity contribution in [3.8, 4) is 0 Å². The average molecular weight is 339 g/mol. The van der Waals surface area contributed by atoms with E-state index in [1.165, 1.54) is 6.20 Å². The summed E-state index contributed by atoms with van der Waals surface area (Å²) in [6.07, 6.45) is 2.70. The molecule has 0 aliphatic rings. The summed E-state index contributed by atoms with van der Waals surface area (Å²) in [4.78, 5) is 8.51. The van der Waals surface area contributed by atoms with Crippen molar-refractivity contribution in [3.05, 3.63) is 40.1 Å². The summed E-state index contributed by atoms with van der Waals surface area (Å²) in [6, 6.07) is 1.98. The van der Waals surface area contributed by atoms with Crippen molar-refractivity contribution in [1.29, 1.82) is 10.8 Å². The van der Waals surface area contributed by atoms with Crippen molar-refractivity contribution in [3.63, 3.8) is 0 Å². The number of halogens is 2. The van der Waals surface area contributed by atoms with Crippen LogP contribution >= 0.6 is 11.3 Å². The van der Waals surface area contributed by atoms with Gasteiger partial charge in [-0.15, -0.1) is 11.3 Å². The van der Waals surface area contributed by atoms with Crippen LogP contribution < -0.4 is 5.32 Å². The number of nitrogens with one attached hydrogen (secondary N) is 3. The van der Waals surface area contributed by atoms with Crippen LogP contribution in [0, 0.1) is 10.8 Å². The minimum atomic E-state index is -3.04. The topological polar surface area (TPSA) is 94.7 Å². The Labute approximate surface area is 135 Å². The first-order valence-corrected chi connectivity index (χ1v) is 7.57. The Hall–Kier alpha value is -2.42. The van der Waals surface area contributed by atoms with Gasteiger partial charge < -0.3 is 10.1 Å². The minimum Gasteiger partial charge on any atom is -0.418 e. The van der Waals surface area contributed by atoms with E-state index >= 15 is 0 Å². The van der Waals surface area contributed by atoms with E-state index in [-0.39, 0.29) is 4.88 Å². The molecule has 0 unspecified atom stereocenters. The number of ether oxygens (including phenoxy) is 1. The highest BCUT2D eigenvalue weighted by Gasteiger charge is 2.17. The summed E-state index contributed by atoms with van der Waals surface area (Å²) in [6.45, 7) is 2.45. The van der Waals surface area contributed by atoms with Gasteiger partial charge >= 0.3 is 6.43 Å². The highest BCUT2D eigenvalue weighted by Crippen LogP contribution is 2.17. The van der Waals surface area contributed by atoms with Crippen LogP contribution in [0.25, 0.3) is 0 Å². The first kappa shape index (κ1) is 16.9. The molecule has 0 spiro atoms. The van der Waals surface area contributed by atoms with Gasteiger partial charge in [0.25, 0.3) is 5.90 Å². The van der Waals surface area contributed by atoms with Gasteiger partial charge in [0.05, 0.1) is 18.4 Å². The molecule has 0 radical (unpaired) electrons. The maximum Gasteiger partial charge on any atom is 0.312 e. The lowest BCUT2D eigenvalue weighted by Crippen LogP contribution is -2.17. The zero-order valence-electron chi connectivity index (χ0n) is 12.3. The normalized spacial score (nSPS) is 10.6. The molecule has 2 aromatic heterocycles. The Balaban J connectivity index is 1.94. The molecular formula is C14H15F2N5OS. The van der Waals surface area contributed by atoms with Crippen molar-refractivity contribution >= 4 is 28.8 Å². The zero-order chi connectivity index (χ0) is 16.8. The van der Waals surface area contributed by atoms with Crippen LogP contribution in [0.4, 0.5) is 14.5 Å². The molecule has 23 heavy (non-hydrogen) atoms. The lowest BCUT2D eigenvalue weighted by atomic mass is 10.2. The van der Waals surface area contributed by atoms with Crippen LogP contribution in [0.3, 0.4) is 0 Å². The maximum atomic E-state index is 12.2. The van der Waals surface area contributed by atoms with Gasteiger partial charge in [-0.1, -0.05) is 6.92 Å². The third kappa shape index (κ3) is 4.78. The molecule has 2 heterocycles. The number of hydrogen-bond acceptors (Lipinski definition) is 7. The van der Waals surface area contributed by atoms with Crippen LogP contribution in [0.15, 0.2) is 24.7 Å². The molecule has 0 aromatic carbocycles. The van der Waals surface area contributed by atoms with Crippen molar-refractivity contribution in [2.45, 2.75) is 26.3 Å². The third-order valence-electron chi connectivity index (χ3n) is 2.83. The average Bonchev–Trinajstić information content (AvgIpc) is 3.02. The van der Waals surface area contributed by atoms with E-state index in [9.17, 15) is 8.78 Å². The van der Waals surface area contributed by atoms with E-state index in [2.05, 4.69) is 20.0 Å².